The molecule has 0 aromatic heterocycles. The van der Waals surface area contributed by atoms with E-state index >= 15 is 4.79 Å². The maximum absolute atomic E-state index is 15.0. The Morgan fingerprint density at radius 3 is 1.40 bits per heavy atom. The van der Waals surface area contributed by atoms with Gasteiger partial charge >= 0.3 is 0 Å². The van der Waals surface area contributed by atoms with Crippen LogP contribution in [0.25, 0.3) is 0 Å². The van der Waals surface area contributed by atoms with Crippen molar-refractivity contribution in [3.63, 3.8) is 0 Å². The molecule has 0 spiro atoms. The maximum Gasteiger partial charge on any atom is 0.246 e. The third kappa shape index (κ3) is 21.9. The van der Waals surface area contributed by atoms with Crippen LogP contribution in [-0.4, -0.2) is 221 Å². The number of hydrogen-bond donors (Lipinski definition) is 5. The normalized spacial score (nSPS) is 16.1. The number of nitrogens with zero attached hydrogens (tertiary/aromatic N) is 7. The summed E-state index contributed by atoms with van der Waals surface area (Å²) in [5.41, 5.74) is 5.37. The lowest BCUT2D eigenvalue weighted by molar-refractivity contribution is -0.157. The number of carbonyl (C=O) groups excluding carboxylic acids is 11. The summed E-state index contributed by atoms with van der Waals surface area (Å²) in [6.45, 7) is 27.3. The lowest BCUT2D eigenvalue weighted by atomic mass is 9.91. The Bertz CT molecular complexity index is 2190. The first-order valence-corrected chi connectivity index (χ1v) is 28.6. The van der Waals surface area contributed by atoms with Crippen LogP contribution in [0.5, 0.6) is 0 Å². The summed E-state index contributed by atoms with van der Waals surface area (Å²) in [6, 6.07) is -10.5. The fraction of sp³-hybridized carbons (Fsp3) is 0.776. The van der Waals surface area contributed by atoms with Crippen LogP contribution in [0.15, 0.2) is 12.2 Å². The van der Waals surface area contributed by atoms with Gasteiger partial charge in [-0.05, 0) is 96.3 Å². The highest BCUT2D eigenvalue weighted by Gasteiger charge is 2.45. The number of nitrogens with one attached hydrogen (secondary N) is 3. The monoisotopic (exact) mass is 1150 g/mol. The molecule has 0 rings (SSSR count). The number of likely N-dealkylation sites (N-methyl/N-ethyl adjacent to an activating group) is 7. The molecule has 0 fully saturated rings. The third-order valence-electron chi connectivity index (χ3n) is 15.1. The molecule has 0 heterocycles. The third-order valence-corrected chi connectivity index (χ3v) is 15.1. The molecule has 0 aliphatic rings. The molecule has 0 aromatic carbocycles. The minimum absolute atomic E-state index is 0.0557. The number of allylic oxidation sites excluding steroid dienone is 2. The number of aliphatic hydroxyl groups excluding tert-OH is 1. The average molecular weight is 1150 g/mol. The van der Waals surface area contributed by atoms with Crippen molar-refractivity contribution in [2.24, 2.45) is 41.2 Å². The Balaban J connectivity index is 6.94. The topological polar surface area (TPSA) is 293 Å². The molecular formula is C58H105N11O12. The van der Waals surface area contributed by atoms with E-state index in [0.717, 1.165) is 14.7 Å². The lowest BCUT2D eigenvalue weighted by Crippen LogP contribution is -2.63. The van der Waals surface area contributed by atoms with Crippen LogP contribution in [0.3, 0.4) is 0 Å². The van der Waals surface area contributed by atoms with Crippen LogP contribution in [0.4, 0.5) is 0 Å². The molecule has 0 saturated carbocycles. The van der Waals surface area contributed by atoms with E-state index in [-0.39, 0.29) is 48.8 Å². The summed E-state index contributed by atoms with van der Waals surface area (Å²) >= 11 is 0. The van der Waals surface area contributed by atoms with Gasteiger partial charge in [0.15, 0.2) is 0 Å². The number of aliphatic hydroxyl groups is 1. The quantitative estimate of drug-likeness (QED) is 0.0592. The minimum Gasteiger partial charge on any atom is -0.390 e. The summed E-state index contributed by atoms with van der Waals surface area (Å²) in [5, 5.41) is 19.9. The Morgan fingerprint density at radius 1 is 0.494 bits per heavy atom. The molecule has 0 radical (unpaired) electrons. The zero-order valence-electron chi connectivity index (χ0n) is 53.3. The largest absolute Gasteiger partial charge is 0.390 e. The predicted molar refractivity (Wildman–Crippen MR) is 312 cm³/mol. The van der Waals surface area contributed by atoms with Crippen molar-refractivity contribution in [2.75, 3.05) is 55.9 Å². The molecule has 0 aliphatic heterocycles. The van der Waals surface area contributed by atoms with Crippen molar-refractivity contribution < 1.29 is 57.8 Å². The van der Waals surface area contributed by atoms with Gasteiger partial charge in [0, 0.05) is 55.3 Å². The van der Waals surface area contributed by atoms with Crippen molar-refractivity contribution in [1.82, 2.24) is 50.2 Å². The first-order valence-electron chi connectivity index (χ1n) is 28.6. The number of nitrogens with two attached hydrogens (primary N) is 1. The van der Waals surface area contributed by atoms with Crippen LogP contribution in [0, 0.1) is 35.5 Å². The standard InChI is InChI=1S/C58H105N11O12/c1-24-26-27-36(11)48(71)47(52(75)62-42(25-2)55(78)63(17)31-45(70)64(18)40(15)49(59)72)69(23)58(81)46(35(9)10)68(22)57(80)44(30-34(7)8)67(21)56(79)43(29-33(5)6)66(20)54(77)39(14)61-50(73)38(13)60-51(74)41(16)65(19)53(76)37(12)28-32(3)4/h24,26,32-44,46-48,71H,25,27-31H2,1-23H3,(H2,59,72)(H,60,74)(H,61,73)(H,62,75)/b26-24+/t36-,37-,38-,39+,40+,41+,42-,43-,44-,46+,47?,48+/m1/s1. The number of carbonyl (C=O) groups is 11. The van der Waals surface area contributed by atoms with E-state index in [0.29, 0.717) is 12.8 Å². The van der Waals surface area contributed by atoms with Gasteiger partial charge < -0.3 is 61.1 Å². The fourth-order valence-corrected chi connectivity index (χ4v) is 9.55. The summed E-state index contributed by atoms with van der Waals surface area (Å²) in [7, 11) is 9.92. The van der Waals surface area contributed by atoms with Crippen LogP contribution < -0.4 is 21.7 Å². The zero-order valence-corrected chi connectivity index (χ0v) is 53.3. The molecule has 23 heteroatoms. The van der Waals surface area contributed by atoms with E-state index in [9.17, 15) is 53.1 Å². The van der Waals surface area contributed by atoms with Crippen molar-refractivity contribution in [2.45, 2.75) is 203 Å². The van der Waals surface area contributed by atoms with E-state index in [1.54, 1.807) is 60.6 Å². The highest BCUT2D eigenvalue weighted by Crippen LogP contribution is 2.25. The van der Waals surface area contributed by atoms with Gasteiger partial charge in [-0.3, -0.25) is 52.7 Å². The van der Waals surface area contributed by atoms with Gasteiger partial charge in [-0.1, -0.05) is 88.3 Å². The van der Waals surface area contributed by atoms with Crippen LogP contribution in [0.2, 0.25) is 0 Å². The Kier molecular flexibility index (Phi) is 31.7. The van der Waals surface area contributed by atoms with Gasteiger partial charge in [-0.2, -0.15) is 0 Å². The molecule has 0 saturated heterocycles. The molecule has 0 aromatic rings. The smallest absolute Gasteiger partial charge is 0.246 e. The van der Waals surface area contributed by atoms with E-state index in [1.165, 1.54) is 89.7 Å². The summed E-state index contributed by atoms with van der Waals surface area (Å²) in [4.78, 5) is 160. The number of amides is 11. The Hall–Kier alpha value is -6.13. The van der Waals surface area contributed by atoms with Gasteiger partial charge in [0.2, 0.25) is 65.0 Å². The number of rotatable bonds is 33. The Labute approximate surface area is 484 Å². The van der Waals surface area contributed by atoms with E-state index in [1.807, 2.05) is 41.5 Å². The van der Waals surface area contributed by atoms with Crippen molar-refractivity contribution in [3.8, 4) is 0 Å². The second-order valence-corrected chi connectivity index (χ2v) is 23.9. The van der Waals surface area contributed by atoms with E-state index in [4.69, 9.17) is 5.73 Å². The average Bonchev–Trinajstić information content (AvgIpc) is 3.39. The minimum atomic E-state index is -1.59. The predicted octanol–water partition coefficient (Wildman–Crippen LogP) is 2.23. The summed E-state index contributed by atoms with van der Waals surface area (Å²) in [6.07, 6.45) is 3.41. The van der Waals surface area contributed by atoms with Crippen LogP contribution in [0.1, 0.15) is 143 Å². The van der Waals surface area contributed by atoms with Crippen molar-refractivity contribution in [3.05, 3.63) is 12.2 Å². The SMILES string of the molecule is C/C=C/C[C@@H](C)[C@H](O)C(C(=O)N[C@H](CC)C(=O)N(C)CC(=O)N(C)[C@@H](C)C(N)=O)N(C)C(=O)[C@H](C(C)C)N(C)C(=O)[C@@H](CC(C)C)N(C)C(=O)[C@@H](CC(C)C)N(C)C(=O)[C@H](C)NC(=O)[C@@H](C)NC(=O)[C@H](C)N(C)C(=O)[C@H](C)CC(C)C. The molecule has 0 bridgehead atoms. The molecular weight excluding hydrogens is 1040 g/mol. The highest BCUT2D eigenvalue weighted by atomic mass is 16.3. The molecule has 464 valence electrons. The summed E-state index contributed by atoms with van der Waals surface area (Å²) in [5.74, 6) is -8.36. The van der Waals surface area contributed by atoms with Gasteiger partial charge in [0.05, 0.1) is 12.6 Å². The first-order chi connectivity index (χ1) is 37.2. The van der Waals surface area contributed by atoms with Crippen molar-refractivity contribution in [1.29, 1.82) is 0 Å². The number of primary amides is 1. The Morgan fingerprint density at radius 2 is 0.951 bits per heavy atom. The molecule has 1 unspecified atom stereocenters. The molecule has 0 aliphatic carbocycles. The van der Waals surface area contributed by atoms with E-state index in [2.05, 4.69) is 16.0 Å². The molecule has 12 atom stereocenters. The molecule has 6 N–H and O–H groups in total. The van der Waals surface area contributed by atoms with Gasteiger partial charge in [0.1, 0.15) is 54.4 Å². The van der Waals surface area contributed by atoms with Gasteiger partial charge in [-0.25, -0.2) is 0 Å². The molecule has 23 nitrogen and oxygen atoms in total. The summed E-state index contributed by atoms with van der Waals surface area (Å²) < 4.78 is 0. The fourth-order valence-electron chi connectivity index (χ4n) is 9.55. The van der Waals surface area contributed by atoms with Crippen LogP contribution >= 0.6 is 0 Å². The highest BCUT2D eigenvalue weighted by molar-refractivity contribution is 5.98. The lowest BCUT2D eigenvalue weighted by Gasteiger charge is -2.41. The van der Waals surface area contributed by atoms with Gasteiger partial charge in [-0.15, -0.1) is 0 Å². The first kappa shape index (κ1) is 74.9. The second kappa shape index (κ2) is 34.3. The maximum atomic E-state index is 15.0. The van der Waals surface area contributed by atoms with Crippen LogP contribution in [-0.2, 0) is 52.7 Å². The molecule has 11 amide bonds. The number of hydrogen-bond acceptors (Lipinski definition) is 12. The van der Waals surface area contributed by atoms with Crippen molar-refractivity contribution >= 4 is 65.0 Å². The van der Waals surface area contributed by atoms with Gasteiger partial charge in [0.25, 0.3) is 0 Å². The van der Waals surface area contributed by atoms with E-state index < -0.39 is 138 Å². The second-order valence-electron chi connectivity index (χ2n) is 23.9. The molecule has 81 heavy (non-hydrogen) atoms. The zero-order chi connectivity index (χ0) is 63.4.